The third-order valence-electron chi connectivity index (χ3n) is 5.56. The first-order valence-corrected chi connectivity index (χ1v) is 11.4. The van der Waals surface area contributed by atoms with Crippen LogP contribution in [0.25, 0.3) is 0 Å². The average molecular weight is 447 g/mol. The summed E-state index contributed by atoms with van der Waals surface area (Å²) < 4.78 is 40.0. The maximum Gasteiger partial charge on any atom is 0.290 e. The van der Waals surface area contributed by atoms with Gasteiger partial charge in [0.2, 0.25) is 5.78 Å². The second-order valence-electron chi connectivity index (χ2n) is 7.35. The minimum Gasteiger partial charge on any atom is -0.503 e. The molecule has 1 saturated heterocycles. The van der Waals surface area contributed by atoms with Crippen molar-refractivity contribution >= 4 is 21.5 Å². The van der Waals surface area contributed by atoms with Crippen molar-refractivity contribution in [3.63, 3.8) is 0 Å². The van der Waals surface area contributed by atoms with Gasteiger partial charge in [-0.3, -0.25) is 9.59 Å². The molecule has 164 valence electrons. The number of furan rings is 1. The summed E-state index contributed by atoms with van der Waals surface area (Å²) in [5, 5.41) is 10.7. The third-order valence-corrected chi connectivity index (χ3v) is 7.31. The number of amides is 1. The van der Waals surface area contributed by atoms with Crippen molar-refractivity contribution in [3.05, 3.63) is 59.3 Å². The van der Waals surface area contributed by atoms with Crippen LogP contribution in [-0.4, -0.2) is 61.9 Å². The van der Waals surface area contributed by atoms with E-state index in [-0.39, 0.29) is 29.3 Å². The summed E-state index contributed by atoms with van der Waals surface area (Å²) in [4.78, 5) is 27.5. The van der Waals surface area contributed by atoms with Crippen LogP contribution in [0.15, 0.2) is 52.3 Å². The summed E-state index contributed by atoms with van der Waals surface area (Å²) in [6.07, 6.45) is 1.53. The Morgan fingerprint density at radius 3 is 2.52 bits per heavy atom. The first-order chi connectivity index (χ1) is 14.8. The zero-order chi connectivity index (χ0) is 22.3. The molecule has 31 heavy (non-hydrogen) atoms. The van der Waals surface area contributed by atoms with Gasteiger partial charge in [0.25, 0.3) is 5.91 Å². The Kier molecular flexibility index (Phi) is 5.26. The third kappa shape index (κ3) is 3.56. The van der Waals surface area contributed by atoms with E-state index in [9.17, 15) is 23.1 Å². The molecule has 1 amide bonds. The Labute approximate surface area is 178 Å². The Hall–Kier alpha value is -3.27. The minimum atomic E-state index is -3.33. The number of aliphatic hydroxyl groups is 1. The first kappa shape index (κ1) is 21.0. The number of carbonyl (C=O) groups is 2. The average Bonchev–Trinajstić information content (AvgIpc) is 3.46. The van der Waals surface area contributed by atoms with Gasteiger partial charge in [0.05, 0.1) is 43.6 Å². The second kappa shape index (κ2) is 7.77. The second-order valence-corrected chi connectivity index (χ2v) is 9.58. The highest BCUT2D eigenvalue weighted by molar-refractivity contribution is 7.91. The molecule has 1 fully saturated rings. The number of ether oxygens (including phenoxy) is 2. The molecule has 2 aliphatic rings. The van der Waals surface area contributed by atoms with Gasteiger partial charge in [-0.05, 0) is 36.2 Å². The van der Waals surface area contributed by atoms with E-state index in [0.717, 1.165) is 0 Å². The van der Waals surface area contributed by atoms with Crippen LogP contribution in [0.2, 0.25) is 0 Å². The number of Topliss-reactive ketones (excluding diaryl/α,β-unsaturated/α-hetero) is 1. The fraction of sp³-hybridized carbons (Fsp3) is 0.333. The predicted molar refractivity (Wildman–Crippen MR) is 109 cm³/mol. The monoisotopic (exact) mass is 447 g/mol. The molecule has 2 aliphatic heterocycles. The summed E-state index contributed by atoms with van der Waals surface area (Å²) in [5.74, 6) is -1.71. The molecule has 0 radical (unpaired) electrons. The van der Waals surface area contributed by atoms with Gasteiger partial charge in [0, 0.05) is 6.04 Å². The number of sulfone groups is 1. The Morgan fingerprint density at radius 2 is 1.94 bits per heavy atom. The molecule has 3 heterocycles. The lowest BCUT2D eigenvalue weighted by atomic mass is 9.94. The van der Waals surface area contributed by atoms with Crippen LogP contribution in [0.3, 0.4) is 0 Å². The number of hydrogen-bond donors (Lipinski definition) is 1. The number of hydrogen-bond acceptors (Lipinski definition) is 8. The highest BCUT2D eigenvalue weighted by atomic mass is 32.2. The number of rotatable bonds is 6. The van der Waals surface area contributed by atoms with Crippen molar-refractivity contribution in [1.82, 2.24) is 4.90 Å². The smallest absolute Gasteiger partial charge is 0.290 e. The molecule has 0 saturated carbocycles. The minimum absolute atomic E-state index is 0.0410. The van der Waals surface area contributed by atoms with E-state index in [1.54, 1.807) is 18.2 Å². The molecular formula is C21H21NO8S. The number of aliphatic hydroxyl groups excluding tert-OH is 1. The SMILES string of the molecule is COc1ccc(C2C(C(=O)c3ccco3)=C(O)C(=O)N2C2CCS(=O)(=O)C2)cc1OC. The Bertz CT molecular complexity index is 1170. The maximum atomic E-state index is 13.1. The molecule has 1 aromatic carbocycles. The van der Waals surface area contributed by atoms with Crippen LogP contribution in [-0.2, 0) is 14.6 Å². The van der Waals surface area contributed by atoms with Crippen molar-refractivity contribution < 1.29 is 37.0 Å². The number of nitrogens with zero attached hydrogens (tertiary/aromatic N) is 1. The van der Waals surface area contributed by atoms with E-state index < -0.39 is 39.4 Å². The van der Waals surface area contributed by atoms with Gasteiger partial charge in [-0.2, -0.15) is 0 Å². The van der Waals surface area contributed by atoms with Crippen LogP contribution in [0, 0.1) is 0 Å². The van der Waals surface area contributed by atoms with Gasteiger partial charge in [0.1, 0.15) is 0 Å². The standard InChI is InChI=1S/C21H21NO8S/c1-28-14-6-5-12(10-16(14)29-2)18-17(19(23)15-4-3-8-30-15)20(24)21(25)22(18)13-7-9-31(26,27)11-13/h3-6,8,10,13,18,24H,7,9,11H2,1-2H3. The highest BCUT2D eigenvalue weighted by Gasteiger charge is 2.49. The van der Waals surface area contributed by atoms with Crippen molar-refractivity contribution in [2.24, 2.45) is 0 Å². The van der Waals surface area contributed by atoms with Crippen LogP contribution < -0.4 is 9.47 Å². The van der Waals surface area contributed by atoms with Crippen molar-refractivity contribution in [2.45, 2.75) is 18.5 Å². The Balaban J connectivity index is 1.85. The number of ketones is 1. The van der Waals surface area contributed by atoms with E-state index in [2.05, 4.69) is 0 Å². The highest BCUT2D eigenvalue weighted by Crippen LogP contribution is 2.44. The molecule has 10 heteroatoms. The molecule has 2 unspecified atom stereocenters. The molecule has 4 rings (SSSR count). The van der Waals surface area contributed by atoms with E-state index in [0.29, 0.717) is 17.1 Å². The van der Waals surface area contributed by atoms with Gasteiger partial charge < -0.3 is 23.9 Å². The zero-order valence-electron chi connectivity index (χ0n) is 16.9. The van der Waals surface area contributed by atoms with Crippen molar-refractivity contribution in [2.75, 3.05) is 25.7 Å². The summed E-state index contributed by atoms with van der Waals surface area (Å²) in [7, 11) is -0.401. The van der Waals surface area contributed by atoms with Crippen LogP contribution in [0.4, 0.5) is 0 Å². The van der Waals surface area contributed by atoms with Gasteiger partial charge in [0.15, 0.2) is 32.9 Å². The number of methoxy groups -OCH3 is 2. The van der Waals surface area contributed by atoms with E-state index in [4.69, 9.17) is 13.9 Å². The molecule has 9 nitrogen and oxygen atoms in total. The fourth-order valence-corrected chi connectivity index (χ4v) is 5.83. The maximum absolute atomic E-state index is 13.1. The van der Waals surface area contributed by atoms with Gasteiger partial charge in [-0.15, -0.1) is 0 Å². The lowest BCUT2D eigenvalue weighted by Gasteiger charge is -2.31. The lowest BCUT2D eigenvalue weighted by molar-refractivity contribution is -0.131. The number of carbonyl (C=O) groups excluding carboxylic acids is 2. The molecule has 2 atom stereocenters. The summed E-state index contributed by atoms with van der Waals surface area (Å²) in [6, 6.07) is 6.12. The zero-order valence-corrected chi connectivity index (χ0v) is 17.7. The summed E-state index contributed by atoms with van der Waals surface area (Å²) in [5.41, 5.74) is 0.297. The summed E-state index contributed by atoms with van der Waals surface area (Å²) in [6.45, 7) is 0. The van der Waals surface area contributed by atoms with E-state index in [1.807, 2.05) is 0 Å². The van der Waals surface area contributed by atoms with Gasteiger partial charge in [-0.25, -0.2) is 8.42 Å². The lowest BCUT2D eigenvalue weighted by Crippen LogP contribution is -2.41. The predicted octanol–water partition coefficient (Wildman–Crippen LogP) is 2.06. The molecule has 2 aromatic rings. The first-order valence-electron chi connectivity index (χ1n) is 9.53. The molecule has 0 spiro atoms. The number of benzene rings is 1. The topological polar surface area (TPSA) is 123 Å². The van der Waals surface area contributed by atoms with Crippen LogP contribution >= 0.6 is 0 Å². The van der Waals surface area contributed by atoms with Crippen molar-refractivity contribution in [3.8, 4) is 11.5 Å². The summed E-state index contributed by atoms with van der Waals surface area (Å²) >= 11 is 0. The molecule has 0 bridgehead atoms. The Morgan fingerprint density at radius 1 is 1.19 bits per heavy atom. The normalized spacial score (nSPS) is 22.8. The van der Waals surface area contributed by atoms with Gasteiger partial charge in [-0.1, -0.05) is 6.07 Å². The molecule has 1 N–H and O–H groups in total. The quantitative estimate of drug-likeness (QED) is 0.668. The fourth-order valence-electron chi connectivity index (χ4n) is 4.12. The largest absolute Gasteiger partial charge is 0.503 e. The van der Waals surface area contributed by atoms with Crippen molar-refractivity contribution in [1.29, 1.82) is 0 Å². The molecular weight excluding hydrogens is 426 g/mol. The van der Waals surface area contributed by atoms with Crippen LogP contribution in [0.5, 0.6) is 11.5 Å². The molecule has 1 aromatic heterocycles. The van der Waals surface area contributed by atoms with Gasteiger partial charge >= 0.3 is 0 Å². The molecule has 0 aliphatic carbocycles. The van der Waals surface area contributed by atoms with E-state index >= 15 is 0 Å². The van der Waals surface area contributed by atoms with Crippen LogP contribution in [0.1, 0.15) is 28.6 Å². The van der Waals surface area contributed by atoms with E-state index in [1.165, 1.54) is 37.5 Å².